The molecule has 10 nitrogen and oxygen atoms in total. The third-order valence-corrected chi connectivity index (χ3v) is 4.54. The Morgan fingerprint density at radius 3 is 3.04 bits per heavy atom. The van der Waals surface area contributed by atoms with E-state index in [9.17, 15) is 0 Å². The maximum Gasteiger partial charge on any atom is 0.246 e. The average Bonchev–Trinajstić information content (AvgIpc) is 3.32. The van der Waals surface area contributed by atoms with Crippen molar-refractivity contribution in [2.75, 3.05) is 32.3 Å². The highest BCUT2D eigenvalue weighted by atomic mass is 16.5. The van der Waals surface area contributed by atoms with Gasteiger partial charge in [-0.2, -0.15) is 4.98 Å². The van der Waals surface area contributed by atoms with Crippen molar-refractivity contribution in [3.63, 3.8) is 0 Å². The molecule has 0 aliphatic carbocycles. The number of imidazole rings is 1. The lowest BCUT2D eigenvalue weighted by molar-refractivity contribution is -0.127. The first-order chi connectivity index (χ1) is 12.7. The van der Waals surface area contributed by atoms with E-state index in [1.165, 1.54) is 6.33 Å². The van der Waals surface area contributed by atoms with E-state index in [1.54, 1.807) is 13.4 Å². The second-order valence-corrected chi connectivity index (χ2v) is 6.40. The molecule has 0 spiro atoms. The van der Waals surface area contributed by atoms with Gasteiger partial charge < -0.3 is 23.9 Å². The predicted octanol–water partition coefficient (Wildman–Crippen LogP) is 1.41. The van der Waals surface area contributed by atoms with E-state index in [-0.39, 0.29) is 0 Å². The summed E-state index contributed by atoms with van der Waals surface area (Å²) in [6.45, 7) is 1.48. The van der Waals surface area contributed by atoms with Crippen LogP contribution in [-0.4, -0.2) is 57.4 Å². The Morgan fingerprint density at radius 2 is 2.23 bits per heavy atom. The van der Waals surface area contributed by atoms with E-state index < -0.39 is 5.60 Å². The first kappa shape index (κ1) is 16.9. The van der Waals surface area contributed by atoms with Crippen LogP contribution in [0.2, 0.25) is 0 Å². The minimum Gasteiger partial charge on any atom is -0.381 e. The summed E-state index contributed by atoms with van der Waals surface area (Å²) in [6.07, 6.45) is 5.98. The standard InChI is InChI=1S/C16H21N7O3/c1-23(14-12-13(18-9-17-12)19-10-20-14)7-11-21-15(22-26-11)16(8-24-2)5-3-4-6-25-16/h9-10H,3-8H2,1-2H3,(H,17,18,19,20). The molecule has 1 aliphatic heterocycles. The molecular formula is C16H21N7O3. The number of aromatic amines is 1. The summed E-state index contributed by atoms with van der Waals surface area (Å²) in [7, 11) is 3.55. The van der Waals surface area contributed by atoms with Gasteiger partial charge in [0, 0.05) is 20.8 Å². The predicted molar refractivity (Wildman–Crippen MR) is 91.4 cm³/mol. The summed E-state index contributed by atoms with van der Waals surface area (Å²) in [5.41, 5.74) is 0.753. The summed E-state index contributed by atoms with van der Waals surface area (Å²) in [4.78, 5) is 22.1. The van der Waals surface area contributed by atoms with Gasteiger partial charge in [0.15, 0.2) is 17.1 Å². The number of hydrogen-bond acceptors (Lipinski definition) is 9. The molecule has 1 unspecified atom stereocenters. The van der Waals surface area contributed by atoms with Crippen LogP contribution in [-0.2, 0) is 21.6 Å². The van der Waals surface area contributed by atoms with Crippen molar-refractivity contribution >= 4 is 17.0 Å². The molecule has 3 aromatic rings. The molecule has 4 heterocycles. The minimum atomic E-state index is -0.626. The Labute approximate surface area is 149 Å². The fourth-order valence-corrected chi connectivity index (χ4v) is 3.26. The summed E-state index contributed by atoms with van der Waals surface area (Å²) in [5, 5.41) is 4.16. The van der Waals surface area contributed by atoms with Crippen molar-refractivity contribution in [2.24, 2.45) is 0 Å². The topological polar surface area (TPSA) is 115 Å². The Hall–Kier alpha value is -2.59. The van der Waals surface area contributed by atoms with Crippen LogP contribution in [0.3, 0.4) is 0 Å². The fraction of sp³-hybridized carbons (Fsp3) is 0.562. The highest BCUT2D eigenvalue weighted by molar-refractivity contribution is 5.82. The average molecular weight is 359 g/mol. The molecule has 0 amide bonds. The molecule has 138 valence electrons. The normalized spacial score (nSPS) is 20.5. The van der Waals surface area contributed by atoms with Crippen molar-refractivity contribution in [1.82, 2.24) is 30.1 Å². The van der Waals surface area contributed by atoms with Gasteiger partial charge in [-0.1, -0.05) is 5.16 Å². The van der Waals surface area contributed by atoms with Gasteiger partial charge in [0.1, 0.15) is 11.8 Å². The minimum absolute atomic E-state index is 0.404. The lowest BCUT2D eigenvalue weighted by Crippen LogP contribution is -2.39. The van der Waals surface area contributed by atoms with Crippen LogP contribution in [0, 0.1) is 0 Å². The number of rotatable bonds is 6. The van der Waals surface area contributed by atoms with E-state index in [4.69, 9.17) is 14.0 Å². The summed E-state index contributed by atoms with van der Waals surface area (Å²) >= 11 is 0. The number of methoxy groups -OCH3 is 1. The molecule has 1 aliphatic rings. The largest absolute Gasteiger partial charge is 0.381 e. The molecule has 0 bridgehead atoms. The van der Waals surface area contributed by atoms with Gasteiger partial charge in [-0.15, -0.1) is 0 Å². The molecule has 4 rings (SSSR count). The van der Waals surface area contributed by atoms with Gasteiger partial charge in [0.2, 0.25) is 11.7 Å². The van der Waals surface area contributed by atoms with Crippen LogP contribution in [0.5, 0.6) is 0 Å². The number of aromatic nitrogens is 6. The number of nitrogens with zero attached hydrogens (tertiary/aromatic N) is 6. The van der Waals surface area contributed by atoms with Crippen LogP contribution >= 0.6 is 0 Å². The van der Waals surface area contributed by atoms with Crippen LogP contribution in [0.15, 0.2) is 17.2 Å². The van der Waals surface area contributed by atoms with Crippen molar-refractivity contribution in [3.8, 4) is 0 Å². The maximum absolute atomic E-state index is 5.98. The zero-order chi connectivity index (χ0) is 18.0. The highest BCUT2D eigenvalue weighted by Gasteiger charge is 2.40. The van der Waals surface area contributed by atoms with Crippen LogP contribution in [0.4, 0.5) is 5.82 Å². The van der Waals surface area contributed by atoms with Gasteiger partial charge in [-0.3, -0.25) is 0 Å². The Kier molecular flexibility index (Phi) is 4.51. The van der Waals surface area contributed by atoms with Crippen molar-refractivity contribution in [1.29, 1.82) is 0 Å². The lowest BCUT2D eigenvalue weighted by Gasteiger charge is -2.33. The highest BCUT2D eigenvalue weighted by Crippen LogP contribution is 2.34. The van der Waals surface area contributed by atoms with Crippen molar-refractivity contribution in [3.05, 3.63) is 24.4 Å². The first-order valence-electron chi connectivity index (χ1n) is 8.53. The molecular weight excluding hydrogens is 338 g/mol. The molecule has 1 N–H and O–H groups in total. The van der Waals surface area contributed by atoms with E-state index in [0.29, 0.717) is 42.9 Å². The van der Waals surface area contributed by atoms with Crippen molar-refractivity contribution < 1.29 is 14.0 Å². The Morgan fingerprint density at radius 1 is 1.31 bits per heavy atom. The molecule has 0 radical (unpaired) electrons. The summed E-state index contributed by atoms with van der Waals surface area (Å²) in [5.74, 6) is 1.74. The zero-order valence-electron chi connectivity index (χ0n) is 14.8. The lowest BCUT2D eigenvalue weighted by atomic mass is 9.94. The maximum atomic E-state index is 5.98. The molecule has 0 saturated carbocycles. The number of hydrogen-bond donors (Lipinski definition) is 1. The molecule has 3 aromatic heterocycles. The zero-order valence-corrected chi connectivity index (χ0v) is 14.8. The molecule has 26 heavy (non-hydrogen) atoms. The van der Waals surface area contributed by atoms with Gasteiger partial charge >= 0.3 is 0 Å². The first-order valence-corrected chi connectivity index (χ1v) is 8.53. The van der Waals surface area contributed by atoms with Crippen LogP contribution in [0.1, 0.15) is 31.0 Å². The van der Waals surface area contributed by atoms with Gasteiger partial charge in [-0.25, -0.2) is 15.0 Å². The SMILES string of the molecule is COCC1(c2noc(CN(C)c3ncnc4nc[nH]c34)n2)CCCCO1. The third-order valence-electron chi connectivity index (χ3n) is 4.54. The number of nitrogens with one attached hydrogen (secondary N) is 1. The fourth-order valence-electron chi connectivity index (χ4n) is 3.26. The van der Waals surface area contributed by atoms with E-state index >= 15 is 0 Å². The Balaban J connectivity index is 1.55. The van der Waals surface area contributed by atoms with E-state index in [0.717, 1.165) is 24.8 Å². The van der Waals surface area contributed by atoms with Gasteiger partial charge in [-0.05, 0) is 19.3 Å². The molecule has 1 fully saturated rings. The molecule has 10 heteroatoms. The van der Waals surface area contributed by atoms with E-state index in [1.807, 2.05) is 11.9 Å². The molecule has 1 saturated heterocycles. The molecule has 0 aromatic carbocycles. The van der Waals surface area contributed by atoms with E-state index in [2.05, 4.69) is 30.1 Å². The smallest absolute Gasteiger partial charge is 0.246 e. The second kappa shape index (κ2) is 6.96. The van der Waals surface area contributed by atoms with Gasteiger partial charge in [0.05, 0.1) is 19.5 Å². The van der Waals surface area contributed by atoms with Crippen LogP contribution in [0.25, 0.3) is 11.2 Å². The van der Waals surface area contributed by atoms with Crippen molar-refractivity contribution in [2.45, 2.75) is 31.4 Å². The number of fused-ring (bicyclic) bond motifs is 1. The summed E-state index contributed by atoms with van der Waals surface area (Å²) in [6, 6.07) is 0. The molecule has 1 atom stereocenters. The third kappa shape index (κ3) is 3.01. The summed E-state index contributed by atoms with van der Waals surface area (Å²) < 4.78 is 16.8. The number of H-pyrrole nitrogens is 1. The Bertz CT molecular complexity index is 866. The van der Waals surface area contributed by atoms with Crippen LogP contribution < -0.4 is 4.90 Å². The number of anilines is 1. The number of ether oxygens (including phenoxy) is 2. The monoisotopic (exact) mass is 359 g/mol. The quantitative estimate of drug-likeness (QED) is 0.697. The van der Waals surface area contributed by atoms with Gasteiger partial charge in [0.25, 0.3) is 0 Å². The second-order valence-electron chi connectivity index (χ2n) is 6.40.